The van der Waals surface area contributed by atoms with Crippen LogP contribution in [0.2, 0.25) is 10.3 Å². The highest BCUT2D eigenvalue weighted by Gasteiger charge is 2.07. The second-order valence-corrected chi connectivity index (χ2v) is 4.39. The number of aromatic nitrogens is 2. The smallest absolute Gasteiger partial charge is 0.224 e. The number of hydrogen-bond acceptors (Lipinski definition) is 4. The molecule has 1 N–H and O–H groups in total. The Morgan fingerprint density at radius 3 is 2.78 bits per heavy atom. The Kier molecular flexibility index (Phi) is 3.89. The molecule has 0 aliphatic carbocycles. The van der Waals surface area contributed by atoms with E-state index in [0.29, 0.717) is 22.3 Å². The summed E-state index contributed by atoms with van der Waals surface area (Å²) < 4.78 is 5.14. The molecule has 0 aliphatic rings. The van der Waals surface area contributed by atoms with E-state index in [4.69, 9.17) is 27.9 Å². The Morgan fingerprint density at radius 1 is 1.28 bits per heavy atom. The van der Waals surface area contributed by atoms with Crippen LogP contribution in [-0.4, -0.2) is 17.1 Å². The summed E-state index contributed by atoms with van der Waals surface area (Å²) in [5.74, 6) is 1.32. The quantitative estimate of drug-likeness (QED) is 0.870. The van der Waals surface area contributed by atoms with Gasteiger partial charge in [-0.2, -0.15) is 0 Å². The van der Waals surface area contributed by atoms with E-state index in [1.54, 1.807) is 31.5 Å². The summed E-state index contributed by atoms with van der Waals surface area (Å²) >= 11 is 11.9. The van der Waals surface area contributed by atoms with E-state index < -0.39 is 0 Å². The van der Waals surface area contributed by atoms with Gasteiger partial charge in [0, 0.05) is 17.8 Å². The van der Waals surface area contributed by atoms with Gasteiger partial charge in [0.15, 0.2) is 0 Å². The maximum atomic E-state index is 6.10. The highest BCUT2D eigenvalue weighted by Crippen LogP contribution is 2.29. The van der Waals surface area contributed by atoms with E-state index in [-0.39, 0.29) is 5.28 Å². The SMILES string of the molecule is COc1ccc(Cl)c(Nc2nc(Cl)ncc2C)c1. The topological polar surface area (TPSA) is 47.0 Å². The molecule has 18 heavy (non-hydrogen) atoms. The van der Waals surface area contributed by atoms with Crippen molar-refractivity contribution in [3.05, 3.63) is 40.3 Å². The summed E-state index contributed by atoms with van der Waals surface area (Å²) in [6.45, 7) is 1.88. The Bertz CT molecular complexity index is 575. The lowest BCUT2D eigenvalue weighted by Crippen LogP contribution is -1.99. The zero-order valence-electron chi connectivity index (χ0n) is 9.87. The van der Waals surface area contributed by atoms with Gasteiger partial charge in [-0.3, -0.25) is 0 Å². The molecule has 2 rings (SSSR count). The van der Waals surface area contributed by atoms with E-state index in [9.17, 15) is 0 Å². The molecular formula is C12H11Cl2N3O. The third-order valence-electron chi connectivity index (χ3n) is 2.37. The van der Waals surface area contributed by atoms with Gasteiger partial charge in [-0.25, -0.2) is 9.97 Å². The summed E-state index contributed by atoms with van der Waals surface area (Å²) in [6, 6.07) is 5.33. The standard InChI is InChI=1S/C12H11Cl2N3O/c1-7-6-15-12(14)17-11(7)16-10-5-8(18-2)3-4-9(10)13/h3-6H,1-2H3,(H,15,16,17). The minimum atomic E-state index is 0.183. The first kappa shape index (κ1) is 12.9. The molecule has 2 aromatic rings. The number of methoxy groups -OCH3 is 1. The van der Waals surface area contributed by atoms with E-state index in [2.05, 4.69) is 15.3 Å². The molecule has 0 unspecified atom stereocenters. The average Bonchev–Trinajstić information content (AvgIpc) is 2.36. The average molecular weight is 284 g/mol. The molecule has 0 radical (unpaired) electrons. The molecule has 0 spiro atoms. The number of rotatable bonds is 3. The van der Waals surface area contributed by atoms with Crippen LogP contribution in [0.3, 0.4) is 0 Å². The number of ether oxygens (including phenoxy) is 1. The molecule has 0 amide bonds. The lowest BCUT2D eigenvalue weighted by atomic mass is 10.2. The summed E-state index contributed by atoms with van der Waals surface area (Å²) in [7, 11) is 1.60. The number of aryl methyl sites for hydroxylation is 1. The van der Waals surface area contributed by atoms with Crippen LogP contribution < -0.4 is 10.1 Å². The van der Waals surface area contributed by atoms with Gasteiger partial charge in [-0.15, -0.1) is 0 Å². The Morgan fingerprint density at radius 2 is 2.06 bits per heavy atom. The van der Waals surface area contributed by atoms with Crippen LogP contribution in [0.15, 0.2) is 24.4 Å². The van der Waals surface area contributed by atoms with E-state index >= 15 is 0 Å². The van der Waals surface area contributed by atoms with Crippen molar-refractivity contribution < 1.29 is 4.74 Å². The molecule has 1 aromatic heterocycles. The van der Waals surface area contributed by atoms with Crippen LogP contribution >= 0.6 is 23.2 Å². The monoisotopic (exact) mass is 283 g/mol. The number of nitrogens with zero attached hydrogens (tertiary/aromatic N) is 2. The van der Waals surface area contributed by atoms with Crippen LogP contribution in [0.4, 0.5) is 11.5 Å². The van der Waals surface area contributed by atoms with Crippen molar-refractivity contribution in [2.45, 2.75) is 6.92 Å². The largest absolute Gasteiger partial charge is 0.497 e. The molecular weight excluding hydrogens is 273 g/mol. The van der Waals surface area contributed by atoms with Crippen molar-refractivity contribution in [3.63, 3.8) is 0 Å². The van der Waals surface area contributed by atoms with Gasteiger partial charge in [0.05, 0.1) is 17.8 Å². The highest BCUT2D eigenvalue weighted by atomic mass is 35.5. The highest BCUT2D eigenvalue weighted by molar-refractivity contribution is 6.33. The van der Waals surface area contributed by atoms with E-state index in [1.807, 2.05) is 6.92 Å². The molecule has 0 bridgehead atoms. The van der Waals surface area contributed by atoms with Gasteiger partial charge in [-0.1, -0.05) is 11.6 Å². The van der Waals surface area contributed by atoms with Gasteiger partial charge in [0.1, 0.15) is 11.6 Å². The van der Waals surface area contributed by atoms with E-state index in [0.717, 1.165) is 5.56 Å². The van der Waals surface area contributed by atoms with Crippen LogP contribution in [0.25, 0.3) is 0 Å². The van der Waals surface area contributed by atoms with Gasteiger partial charge in [0.25, 0.3) is 0 Å². The molecule has 6 heteroatoms. The molecule has 4 nitrogen and oxygen atoms in total. The summed E-state index contributed by atoms with van der Waals surface area (Å²) in [6.07, 6.45) is 1.64. The summed E-state index contributed by atoms with van der Waals surface area (Å²) in [5.41, 5.74) is 1.58. The number of halogens is 2. The second kappa shape index (κ2) is 5.42. The first-order valence-corrected chi connectivity index (χ1v) is 5.95. The predicted molar refractivity (Wildman–Crippen MR) is 73.1 cm³/mol. The first-order valence-electron chi connectivity index (χ1n) is 5.20. The normalized spacial score (nSPS) is 10.2. The van der Waals surface area contributed by atoms with Crippen molar-refractivity contribution in [3.8, 4) is 5.75 Å². The molecule has 1 heterocycles. The molecule has 0 saturated heterocycles. The third kappa shape index (κ3) is 2.83. The van der Waals surface area contributed by atoms with Crippen molar-refractivity contribution in [2.75, 3.05) is 12.4 Å². The minimum Gasteiger partial charge on any atom is -0.497 e. The lowest BCUT2D eigenvalue weighted by molar-refractivity contribution is 0.415. The Labute approximate surface area is 115 Å². The number of hydrogen-bond donors (Lipinski definition) is 1. The number of anilines is 2. The minimum absolute atomic E-state index is 0.183. The lowest BCUT2D eigenvalue weighted by Gasteiger charge is -2.11. The number of benzene rings is 1. The Balaban J connectivity index is 2.36. The predicted octanol–water partition coefficient (Wildman–Crippen LogP) is 3.84. The summed E-state index contributed by atoms with van der Waals surface area (Å²) in [4.78, 5) is 8.00. The zero-order chi connectivity index (χ0) is 13.1. The zero-order valence-corrected chi connectivity index (χ0v) is 11.4. The molecule has 1 aromatic carbocycles. The van der Waals surface area contributed by atoms with Crippen LogP contribution in [-0.2, 0) is 0 Å². The fourth-order valence-corrected chi connectivity index (χ4v) is 1.70. The third-order valence-corrected chi connectivity index (χ3v) is 2.88. The molecule has 0 aliphatic heterocycles. The first-order chi connectivity index (χ1) is 8.60. The molecule has 0 saturated carbocycles. The number of nitrogens with one attached hydrogen (secondary N) is 1. The van der Waals surface area contributed by atoms with E-state index in [1.165, 1.54) is 0 Å². The van der Waals surface area contributed by atoms with Gasteiger partial charge in [0.2, 0.25) is 5.28 Å². The fourth-order valence-electron chi connectivity index (χ4n) is 1.40. The van der Waals surface area contributed by atoms with Crippen molar-refractivity contribution >= 4 is 34.7 Å². The van der Waals surface area contributed by atoms with Crippen molar-refractivity contribution in [1.82, 2.24) is 9.97 Å². The van der Waals surface area contributed by atoms with Gasteiger partial charge < -0.3 is 10.1 Å². The van der Waals surface area contributed by atoms with Crippen LogP contribution in [0.1, 0.15) is 5.56 Å². The maximum Gasteiger partial charge on any atom is 0.224 e. The van der Waals surface area contributed by atoms with Gasteiger partial charge in [-0.05, 0) is 30.7 Å². The Hall–Kier alpha value is -1.52. The second-order valence-electron chi connectivity index (χ2n) is 3.64. The van der Waals surface area contributed by atoms with Gasteiger partial charge >= 0.3 is 0 Å². The van der Waals surface area contributed by atoms with Crippen LogP contribution in [0.5, 0.6) is 5.75 Å². The van der Waals surface area contributed by atoms with Crippen molar-refractivity contribution in [2.24, 2.45) is 0 Å². The molecule has 0 atom stereocenters. The molecule has 0 fully saturated rings. The van der Waals surface area contributed by atoms with Crippen LogP contribution in [0, 0.1) is 6.92 Å². The van der Waals surface area contributed by atoms with Crippen molar-refractivity contribution in [1.29, 1.82) is 0 Å². The molecule has 94 valence electrons. The summed E-state index contributed by atoms with van der Waals surface area (Å²) in [5, 5.41) is 3.87. The fraction of sp³-hybridized carbons (Fsp3) is 0.167. The maximum absolute atomic E-state index is 6.10.